The molecule has 0 aromatic carbocycles. The summed E-state index contributed by atoms with van der Waals surface area (Å²) < 4.78 is 16.3. The number of ether oxygens (including phenoxy) is 3. The molecule has 0 aliphatic carbocycles. The molecule has 27 heavy (non-hydrogen) atoms. The fraction of sp³-hybridized carbons (Fsp3) is 0.955. The monoisotopic (exact) mass is 387 g/mol. The maximum atomic E-state index is 11.0. The van der Waals surface area contributed by atoms with E-state index in [1.807, 2.05) is 0 Å². The van der Waals surface area contributed by atoms with Crippen LogP contribution in [-0.4, -0.2) is 64.5 Å². The molecule has 1 atom stereocenters. The Morgan fingerprint density at radius 1 is 0.778 bits per heavy atom. The number of methoxy groups -OCH3 is 1. The van der Waals surface area contributed by atoms with Crippen molar-refractivity contribution in [2.75, 3.05) is 47.6 Å². The van der Waals surface area contributed by atoms with Crippen LogP contribution in [0.4, 0.5) is 0 Å². The summed E-state index contributed by atoms with van der Waals surface area (Å²) in [5.74, 6) is -0.128. The number of rotatable bonds is 20. The van der Waals surface area contributed by atoms with Crippen LogP contribution in [0.5, 0.6) is 0 Å². The Bertz CT molecular complexity index is 323. The molecular weight excluding hydrogens is 342 g/mol. The number of esters is 1. The van der Waals surface area contributed by atoms with Gasteiger partial charge >= 0.3 is 5.97 Å². The second-order valence-corrected chi connectivity index (χ2v) is 7.63. The predicted octanol–water partition coefficient (Wildman–Crippen LogP) is 4.82. The fourth-order valence-electron chi connectivity index (χ4n) is 2.88. The number of hydrogen-bond acceptors (Lipinski definition) is 5. The lowest BCUT2D eigenvalue weighted by Crippen LogP contribution is -2.37. The van der Waals surface area contributed by atoms with Gasteiger partial charge in [-0.25, -0.2) is 0 Å². The topological polar surface area (TPSA) is 48.0 Å². The number of nitrogens with zero attached hydrogens (tertiary/aromatic N) is 1. The van der Waals surface area contributed by atoms with E-state index in [4.69, 9.17) is 9.47 Å². The van der Waals surface area contributed by atoms with Crippen molar-refractivity contribution < 1.29 is 19.0 Å². The van der Waals surface area contributed by atoms with Gasteiger partial charge in [0, 0.05) is 19.6 Å². The number of carbonyl (C=O) groups excluding carboxylic acids is 1. The zero-order valence-corrected chi connectivity index (χ0v) is 18.5. The van der Waals surface area contributed by atoms with Crippen LogP contribution in [0.2, 0.25) is 0 Å². The first-order valence-corrected chi connectivity index (χ1v) is 11.0. The summed E-state index contributed by atoms with van der Waals surface area (Å²) >= 11 is 0. The molecule has 0 bridgehead atoms. The zero-order chi connectivity index (χ0) is 20.2. The Morgan fingerprint density at radius 2 is 1.26 bits per heavy atom. The van der Waals surface area contributed by atoms with Crippen LogP contribution in [0.1, 0.15) is 84.0 Å². The molecule has 0 fully saturated rings. The van der Waals surface area contributed by atoms with Gasteiger partial charge in [0.2, 0.25) is 0 Å². The molecule has 5 nitrogen and oxygen atoms in total. The highest BCUT2D eigenvalue weighted by Crippen LogP contribution is 2.08. The van der Waals surface area contributed by atoms with Gasteiger partial charge in [-0.05, 0) is 33.4 Å². The Morgan fingerprint density at radius 3 is 1.74 bits per heavy atom. The van der Waals surface area contributed by atoms with Crippen molar-refractivity contribution in [2.24, 2.45) is 0 Å². The highest BCUT2D eigenvalue weighted by Gasteiger charge is 2.11. The minimum atomic E-state index is -0.128. The summed E-state index contributed by atoms with van der Waals surface area (Å²) in [6, 6.07) is 0.300. The molecule has 0 aliphatic heterocycles. The van der Waals surface area contributed by atoms with Gasteiger partial charge in [-0.2, -0.15) is 0 Å². The van der Waals surface area contributed by atoms with Crippen LogP contribution in [0, 0.1) is 0 Å². The number of carbonyl (C=O) groups is 1. The maximum Gasteiger partial charge on any atom is 0.305 e. The van der Waals surface area contributed by atoms with Crippen molar-refractivity contribution in [3.8, 4) is 0 Å². The molecule has 0 aromatic heterocycles. The van der Waals surface area contributed by atoms with E-state index >= 15 is 0 Å². The van der Waals surface area contributed by atoms with Gasteiger partial charge in [0.1, 0.15) is 0 Å². The average Bonchev–Trinajstić information content (AvgIpc) is 2.66. The molecule has 5 heteroatoms. The minimum Gasteiger partial charge on any atom is -0.469 e. The lowest BCUT2D eigenvalue weighted by atomic mass is 10.1. The quantitative estimate of drug-likeness (QED) is 0.221. The molecule has 0 heterocycles. The molecular formula is C22H45NO4. The van der Waals surface area contributed by atoms with Crippen LogP contribution in [0.25, 0.3) is 0 Å². The molecule has 162 valence electrons. The van der Waals surface area contributed by atoms with Crippen LogP contribution in [0.15, 0.2) is 0 Å². The highest BCUT2D eigenvalue weighted by atomic mass is 16.5. The largest absolute Gasteiger partial charge is 0.469 e. The van der Waals surface area contributed by atoms with E-state index in [1.54, 1.807) is 0 Å². The van der Waals surface area contributed by atoms with Crippen LogP contribution in [0.3, 0.4) is 0 Å². The Kier molecular flexibility index (Phi) is 19.6. The smallest absolute Gasteiger partial charge is 0.305 e. The van der Waals surface area contributed by atoms with E-state index in [0.717, 1.165) is 45.5 Å². The fourth-order valence-corrected chi connectivity index (χ4v) is 2.88. The van der Waals surface area contributed by atoms with Gasteiger partial charge in [-0.15, -0.1) is 0 Å². The van der Waals surface area contributed by atoms with E-state index in [2.05, 4.69) is 30.7 Å². The third-order valence-corrected chi connectivity index (χ3v) is 4.89. The summed E-state index contributed by atoms with van der Waals surface area (Å²) in [6.45, 7) is 5.28. The van der Waals surface area contributed by atoms with Gasteiger partial charge in [-0.1, -0.05) is 58.3 Å². The standard InChI is InChI=1S/C22H45NO4/c1-5-6-7-8-9-10-11-14-17-26-19-21(23(2)3)20-27-18-15-12-13-16-22(24)25-4/h21H,5-20H2,1-4H3. The molecule has 0 aromatic rings. The number of unbranched alkanes of at least 4 members (excludes halogenated alkanes) is 9. The van der Waals surface area contributed by atoms with Gasteiger partial charge in [0.15, 0.2) is 0 Å². The normalized spacial score (nSPS) is 12.5. The van der Waals surface area contributed by atoms with E-state index in [1.165, 1.54) is 52.1 Å². The first-order chi connectivity index (χ1) is 13.1. The molecule has 0 saturated heterocycles. The molecule has 0 rings (SSSR count). The second-order valence-electron chi connectivity index (χ2n) is 7.63. The van der Waals surface area contributed by atoms with Crippen molar-refractivity contribution in [3.63, 3.8) is 0 Å². The molecule has 0 aliphatic rings. The molecule has 0 radical (unpaired) electrons. The second kappa shape index (κ2) is 20.1. The summed E-state index contributed by atoms with van der Waals surface area (Å²) in [6.07, 6.45) is 14.0. The van der Waals surface area contributed by atoms with Crippen molar-refractivity contribution >= 4 is 5.97 Å². The third kappa shape index (κ3) is 18.5. The summed E-state index contributed by atoms with van der Waals surface area (Å²) in [7, 11) is 5.58. The summed E-state index contributed by atoms with van der Waals surface area (Å²) in [5.41, 5.74) is 0. The molecule has 0 spiro atoms. The predicted molar refractivity (Wildman–Crippen MR) is 112 cm³/mol. The lowest BCUT2D eigenvalue weighted by Gasteiger charge is -2.24. The first kappa shape index (κ1) is 26.4. The Hall–Kier alpha value is -0.650. The number of hydrogen-bond donors (Lipinski definition) is 0. The average molecular weight is 388 g/mol. The van der Waals surface area contributed by atoms with Crippen LogP contribution in [-0.2, 0) is 19.0 Å². The van der Waals surface area contributed by atoms with E-state index in [0.29, 0.717) is 19.1 Å². The lowest BCUT2D eigenvalue weighted by molar-refractivity contribution is -0.140. The van der Waals surface area contributed by atoms with E-state index in [-0.39, 0.29) is 5.97 Å². The number of likely N-dealkylation sites (N-methyl/N-ethyl adjacent to an activating group) is 1. The maximum absolute atomic E-state index is 11.0. The van der Waals surface area contributed by atoms with Gasteiger partial charge in [0.05, 0.1) is 26.4 Å². The molecule has 0 saturated carbocycles. The summed E-state index contributed by atoms with van der Waals surface area (Å²) in [4.78, 5) is 13.2. The van der Waals surface area contributed by atoms with Gasteiger partial charge in [0.25, 0.3) is 0 Å². The SMILES string of the molecule is CCCCCCCCCCOCC(COCCCCCC(=O)OC)N(C)C. The van der Waals surface area contributed by atoms with Crippen molar-refractivity contribution in [3.05, 3.63) is 0 Å². The van der Waals surface area contributed by atoms with Crippen molar-refractivity contribution in [2.45, 2.75) is 90.0 Å². The van der Waals surface area contributed by atoms with E-state index in [9.17, 15) is 4.79 Å². The van der Waals surface area contributed by atoms with Gasteiger partial charge in [-0.3, -0.25) is 4.79 Å². The van der Waals surface area contributed by atoms with Gasteiger partial charge < -0.3 is 19.1 Å². The Labute approximate surface area is 168 Å². The Balaban J connectivity index is 3.51. The summed E-state index contributed by atoms with van der Waals surface area (Å²) in [5, 5.41) is 0. The molecule has 0 amide bonds. The van der Waals surface area contributed by atoms with Crippen molar-refractivity contribution in [1.29, 1.82) is 0 Å². The third-order valence-electron chi connectivity index (χ3n) is 4.89. The molecule has 1 unspecified atom stereocenters. The van der Waals surface area contributed by atoms with Crippen LogP contribution >= 0.6 is 0 Å². The molecule has 0 N–H and O–H groups in total. The zero-order valence-electron chi connectivity index (χ0n) is 18.5. The van der Waals surface area contributed by atoms with Crippen LogP contribution < -0.4 is 0 Å². The first-order valence-electron chi connectivity index (χ1n) is 11.0. The van der Waals surface area contributed by atoms with Crippen molar-refractivity contribution in [1.82, 2.24) is 4.90 Å². The van der Waals surface area contributed by atoms with E-state index < -0.39 is 0 Å². The minimum absolute atomic E-state index is 0.128. The highest BCUT2D eigenvalue weighted by molar-refractivity contribution is 5.68.